The number of anilines is 2. The molecule has 0 aliphatic heterocycles. The summed E-state index contributed by atoms with van der Waals surface area (Å²) >= 11 is 6.06. The van der Waals surface area contributed by atoms with Crippen LogP contribution in [0.15, 0.2) is 54.4 Å². The van der Waals surface area contributed by atoms with Crippen molar-refractivity contribution in [3.05, 3.63) is 70.6 Å². The molecule has 3 aromatic rings. The molecule has 0 fully saturated rings. The summed E-state index contributed by atoms with van der Waals surface area (Å²) < 4.78 is 40.1. The van der Waals surface area contributed by atoms with Gasteiger partial charge in [0.2, 0.25) is 0 Å². The SMILES string of the molecule is Nc1ccc(C(=O)NC2=C[C@@H](Nc3cc(C(F)(F)F)nc4ccc(Cl)cc34)CCC2)cn1. The second kappa shape index (κ2) is 8.66. The molecule has 4 rings (SSSR count). The van der Waals surface area contributed by atoms with Crippen molar-refractivity contribution < 1.29 is 18.0 Å². The summed E-state index contributed by atoms with van der Waals surface area (Å²) in [4.78, 5) is 20.1. The number of rotatable bonds is 4. The molecule has 166 valence electrons. The van der Waals surface area contributed by atoms with Gasteiger partial charge in [0.1, 0.15) is 11.5 Å². The number of pyridine rings is 2. The van der Waals surface area contributed by atoms with Gasteiger partial charge in [-0.15, -0.1) is 0 Å². The number of halogens is 4. The van der Waals surface area contributed by atoms with Crippen LogP contribution in [-0.4, -0.2) is 21.9 Å². The fourth-order valence-corrected chi connectivity index (χ4v) is 3.73. The Hall–Kier alpha value is -3.33. The molecule has 0 bridgehead atoms. The van der Waals surface area contributed by atoms with Crippen LogP contribution in [0.25, 0.3) is 10.9 Å². The summed E-state index contributed by atoms with van der Waals surface area (Å²) in [6.45, 7) is 0. The number of nitrogens with two attached hydrogens (primary N) is 1. The van der Waals surface area contributed by atoms with E-state index >= 15 is 0 Å². The number of nitrogens with one attached hydrogen (secondary N) is 2. The van der Waals surface area contributed by atoms with Crippen molar-refractivity contribution in [1.29, 1.82) is 0 Å². The van der Waals surface area contributed by atoms with Gasteiger partial charge in [0, 0.05) is 34.0 Å². The number of nitrogens with zero attached hydrogens (tertiary/aromatic N) is 2. The van der Waals surface area contributed by atoms with Crippen molar-refractivity contribution in [1.82, 2.24) is 15.3 Å². The van der Waals surface area contributed by atoms with Gasteiger partial charge in [-0.05, 0) is 61.7 Å². The maximum Gasteiger partial charge on any atom is 0.433 e. The predicted molar refractivity (Wildman–Crippen MR) is 117 cm³/mol. The molecule has 1 aliphatic carbocycles. The molecular weight excluding hydrogens is 443 g/mol. The number of benzene rings is 1. The van der Waals surface area contributed by atoms with Crippen LogP contribution in [0.2, 0.25) is 5.02 Å². The number of allylic oxidation sites excluding steroid dienone is 1. The molecular formula is C22H19ClF3N5O. The van der Waals surface area contributed by atoms with Gasteiger partial charge in [-0.3, -0.25) is 4.79 Å². The number of hydrogen-bond acceptors (Lipinski definition) is 5. The normalized spacial score (nSPS) is 16.5. The summed E-state index contributed by atoms with van der Waals surface area (Å²) in [5, 5.41) is 6.88. The predicted octanol–water partition coefficient (Wildman–Crippen LogP) is 5.16. The van der Waals surface area contributed by atoms with E-state index in [1.165, 1.54) is 24.4 Å². The molecule has 1 amide bonds. The molecule has 6 nitrogen and oxygen atoms in total. The molecule has 0 unspecified atom stereocenters. The van der Waals surface area contributed by atoms with Crippen molar-refractivity contribution in [2.75, 3.05) is 11.1 Å². The second-order valence-electron chi connectivity index (χ2n) is 7.48. The van der Waals surface area contributed by atoms with Crippen LogP contribution in [0, 0.1) is 0 Å². The monoisotopic (exact) mass is 461 g/mol. The number of carbonyl (C=O) groups is 1. The Labute approximate surface area is 186 Å². The van der Waals surface area contributed by atoms with E-state index in [0.29, 0.717) is 40.3 Å². The van der Waals surface area contributed by atoms with E-state index in [-0.39, 0.29) is 23.2 Å². The first-order chi connectivity index (χ1) is 15.2. The lowest BCUT2D eigenvalue weighted by Crippen LogP contribution is -2.29. The highest BCUT2D eigenvalue weighted by atomic mass is 35.5. The number of fused-ring (bicyclic) bond motifs is 1. The van der Waals surface area contributed by atoms with Crippen LogP contribution < -0.4 is 16.4 Å². The first kappa shape index (κ1) is 21.9. The number of carbonyl (C=O) groups excluding carboxylic acids is 1. The van der Waals surface area contributed by atoms with Crippen LogP contribution in [-0.2, 0) is 6.18 Å². The van der Waals surface area contributed by atoms with Crippen LogP contribution in [0.1, 0.15) is 35.3 Å². The molecule has 2 heterocycles. The molecule has 1 aromatic carbocycles. The van der Waals surface area contributed by atoms with Gasteiger partial charge in [0.25, 0.3) is 5.91 Å². The van der Waals surface area contributed by atoms with E-state index in [9.17, 15) is 18.0 Å². The third kappa shape index (κ3) is 4.94. The van der Waals surface area contributed by atoms with Crippen LogP contribution in [0.5, 0.6) is 0 Å². The minimum atomic E-state index is -4.58. The van der Waals surface area contributed by atoms with Gasteiger partial charge < -0.3 is 16.4 Å². The fraction of sp³-hybridized carbons (Fsp3) is 0.227. The molecule has 4 N–H and O–H groups in total. The van der Waals surface area contributed by atoms with E-state index < -0.39 is 11.9 Å². The standard InChI is InChI=1S/C22H19ClF3N5O/c23-13-5-6-17-16(8-13)18(10-19(31-17)22(24,25)26)29-14-2-1-3-15(9-14)30-21(32)12-4-7-20(27)28-11-12/h4-11,14H,1-3H2,(H2,27,28)(H,29,31)(H,30,32)/t14-/m0/s1. The highest BCUT2D eigenvalue weighted by Crippen LogP contribution is 2.35. The maximum absolute atomic E-state index is 13.4. The number of amides is 1. The van der Waals surface area contributed by atoms with Gasteiger partial charge in [-0.25, -0.2) is 9.97 Å². The number of nitrogen functional groups attached to an aromatic ring is 1. The van der Waals surface area contributed by atoms with E-state index in [4.69, 9.17) is 17.3 Å². The third-order valence-electron chi connectivity index (χ3n) is 5.09. The summed E-state index contributed by atoms with van der Waals surface area (Å²) in [5.74, 6) is -0.0181. The highest BCUT2D eigenvalue weighted by Gasteiger charge is 2.33. The summed E-state index contributed by atoms with van der Waals surface area (Å²) in [7, 11) is 0. The van der Waals surface area contributed by atoms with Gasteiger partial charge in [0.05, 0.1) is 11.1 Å². The zero-order chi connectivity index (χ0) is 22.9. The molecule has 0 spiro atoms. The Balaban J connectivity index is 1.59. The fourth-order valence-electron chi connectivity index (χ4n) is 3.56. The zero-order valence-corrected chi connectivity index (χ0v) is 17.5. The Kier molecular flexibility index (Phi) is 5.92. The maximum atomic E-state index is 13.4. The van der Waals surface area contributed by atoms with Crippen molar-refractivity contribution in [3.63, 3.8) is 0 Å². The van der Waals surface area contributed by atoms with E-state index in [1.807, 2.05) is 6.08 Å². The first-order valence-electron chi connectivity index (χ1n) is 9.86. The van der Waals surface area contributed by atoms with Crippen LogP contribution in [0.4, 0.5) is 24.7 Å². The van der Waals surface area contributed by atoms with Gasteiger partial charge >= 0.3 is 6.18 Å². The van der Waals surface area contributed by atoms with Gasteiger partial charge in [0.15, 0.2) is 0 Å². The minimum absolute atomic E-state index is 0.191. The van der Waals surface area contributed by atoms with Crippen molar-refractivity contribution in [3.8, 4) is 0 Å². The van der Waals surface area contributed by atoms with Crippen LogP contribution >= 0.6 is 11.6 Å². The second-order valence-corrected chi connectivity index (χ2v) is 7.91. The average molecular weight is 462 g/mol. The van der Waals surface area contributed by atoms with E-state index in [2.05, 4.69) is 20.6 Å². The molecule has 0 radical (unpaired) electrons. The Morgan fingerprint density at radius 3 is 2.72 bits per heavy atom. The summed E-state index contributed by atoms with van der Waals surface area (Å²) in [5.41, 5.74) is 6.07. The van der Waals surface area contributed by atoms with Crippen LogP contribution in [0.3, 0.4) is 0 Å². The highest BCUT2D eigenvalue weighted by molar-refractivity contribution is 6.31. The molecule has 10 heteroatoms. The van der Waals surface area contributed by atoms with Gasteiger partial charge in [-0.2, -0.15) is 13.2 Å². The number of aromatic nitrogens is 2. The molecule has 32 heavy (non-hydrogen) atoms. The Bertz CT molecular complexity index is 1190. The largest absolute Gasteiger partial charge is 0.433 e. The molecule has 1 aliphatic rings. The van der Waals surface area contributed by atoms with Gasteiger partial charge in [-0.1, -0.05) is 11.6 Å². The topological polar surface area (TPSA) is 92.9 Å². The van der Waals surface area contributed by atoms with E-state index in [1.54, 1.807) is 12.1 Å². The third-order valence-corrected chi connectivity index (χ3v) is 5.32. The lowest BCUT2D eigenvalue weighted by Gasteiger charge is -2.24. The first-order valence-corrected chi connectivity index (χ1v) is 10.2. The summed E-state index contributed by atoms with van der Waals surface area (Å²) in [6, 6.07) is 8.35. The minimum Gasteiger partial charge on any atom is -0.384 e. The van der Waals surface area contributed by atoms with E-state index in [0.717, 1.165) is 12.5 Å². The van der Waals surface area contributed by atoms with Crippen molar-refractivity contribution in [2.45, 2.75) is 31.5 Å². The lowest BCUT2D eigenvalue weighted by atomic mass is 9.99. The average Bonchev–Trinajstić information content (AvgIpc) is 2.74. The zero-order valence-electron chi connectivity index (χ0n) is 16.7. The molecule has 2 aromatic heterocycles. The number of alkyl halides is 3. The lowest BCUT2D eigenvalue weighted by molar-refractivity contribution is -0.140. The Morgan fingerprint density at radius 1 is 1.19 bits per heavy atom. The molecule has 0 saturated heterocycles. The number of hydrogen-bond donors (Lipinski definition) is 3. The molecule has 0 saturated carbocycles. The smallest absolute Gasteiger partial charge is 0.384 e. The van der Waals surface area contributed by atoms with Crippen molar-refractivity contribution >= 4 is 39.9 Å². The summed E-state index contributed by atoms with van der Waals surface area (Å²) in [6.07, 6.45) is 0.696. The quantitative estimate of drug-likeness (QED) is 0.499. The van der Waals surface area contributed by atoms with Crippen molar-refractivity contribution in [2.24, 2.45) is 0 Å². The Morgan fingerprint density at radius 2 is 2.00 bits per heavy atom. The molecule has 1 atom stereocenters.